The highest BCUT2D eigenvalue weighted by molar-refractivity contribution is 5.74. The maximum atomic E-state index is 11.9. The first kappa shape index (κ1) is 13.5. The molecule has 2 aliphatic carbocycles. The average Bonchev–Trinajstić information content (AvgIpc) is 3.03. The van der Waals surface area contributed by atoms with E-state index in [9.17, 15) is 4.79 Å². The van der Waals surface area contributed by atoms with E-state index in [1.807, 2.05) is 0 Å². The van der Waals surface area contributed by atoms with Gasteiger partial charge in [0.2, 0.25) is 0 Å². The van der Waals surface area contributed by atoms with E-state index in [0.29, 0.717) is 12.6 Å². The van der Waals surface area contributed by atoms with E-state index in [4.69, 9.17) is 4.52 Å². The Morgan fingerprint density at radius 1 is 1.35 bits per heavy atom. The summed E-state index contributed by atoms with van der Waals surface area (Å²) in [6, 6.07) is 0.243. The smallest absolute Gasteiger partial charge is 0.315 e. The summed E-state index contributed by atoms with van der Waals surface area (Å²) in [6.07, 6.45) is 7.76. The molecule has 20 heavy (non-hydrogen) atoms. The maximum Gasteiger partial charge on any atom is 0.315 e. The number of nitrogens with one attached hydrogen (secondary N) is 2. The number of carbonyl (C=O) groups excluding carboxylic acids is 1. The third kappa shape index (κ3) is 2.97. The molecule has 1 saturated carbocycles. The number of urea groups is 1. The lowest BCUT2D eigenvalue weighted by Crippen LogP contribution is -2.40. The Kier molecular flexibility index (Phi) is 3.94. The Morgan fingerprint density at radius 2 is 2.20 bits per heavy atom. The van der Waals surface area contributed by atoms with Gasteiger partial charge in [-0.3, -0.25) is 0 Å². The van der Waals surface area contributed by atoms with Crippen molar-refractivity contribution in [3.8, 4) is 0 Å². The van der Waals surface area contributed by atoms with Crippen LogP contribution in [0.4, 0.5) is 4.79 Å². The number of amides is 2. The first-order valence-corrected chi connectivity index (χ1v) is 7.73. The number of nitrogens with zero attached hydrogens (tertiary/aromatic N) is 1. The summed E-state index contributed by atoms with van der Waals surface area (Å²) in [4.78, 5) is 11.9. The molecule has 2 unspecified atom stereocenters. The molecule has 0 aromatic carbocycles. The molecule has 2 aliphatic rings. The second-order valence-electron chi connectivity index (χ2n) is 6.18. The molecular weight excluding hydrogens is 254 g/mol. The van der Waals surface area contributed by atoms with Crippen LogP contribution in [0.1, 0.15) is 56.0 Å². The van der Waals surface area contributed by atoms with Gasteiger partial charge in [-0.05, 0) is 44.4 Å². The Hall–Kier alpha value is -1.52. The number of hydrogen-bond acceptors (Lipinski definition) is 3. The molecule has 5 heteroatoms. The van der Waals surface area contributed by atoms with Gasteiger partial charge in [0.25, 0.3) is 0 Å². The van der Waals surface area contributed by atoms with Crippen molar-refractivity contribution >= 4 is 6.03 Å². The normalized spacial score (nSPS) is 25.2. The highest BCUT2D eigenvalue weighted by Crippen LogP contribution is 2.25. The number of aromatic nitrogens is 1. The molecule has 0 radical (unpaired) electrons. The molecule has 2 N–H and O–H groups in total. The second kappa shape index (κ2) is 5.85. The van der Waals surface area contributed by atoms with Gasteiger partial charge < -0.3 is 15.2 Å². The molecule has 0 saturated heterocycles. The highest BCUT2D eigenvalue weighted by atomic mass is 16.5. The van der Waals surface area contributed by atoms with E-state index in [1.54, 1.807) is 0 Å². The third-order valence-corrected chi connectivity index (χ3v) is 4.48. The molecule has 5 nitrogen and oxygen atoms in total. The lowest BCUT2D eigenvalue weighted by atomic mass is 9.96. The molecule has 2 atom stereocenters. The summed E-state index contributed by atoms with van der Waals surface area (Å²) < 4.78 is 5.35. The van der Waals surface area contributed by atoms with Gasteiger partial charge in [0.15, 0.2) is 0 Å². The van der Waals surface area contributed by atoms with E-state index in [0.717, 1.165) is 43.1 Å². The molecule has 3 rings (SSSR count). The van der Waals surface area contributed by atoms with Crippen LogP contribution in [0.25, 0.3) is 0 Å². The largest absolute Gasteiger partial charge is 0.361 e. The summed E-state index contributed by atoms with van der Waals surface area (Å²) >= 11 is 0. The first-order valence-electron chi connectivity index (χ1n) is 7.73. The average molecular weight is 277 g/mol. The van der Waals surface area contributed by atoms with Crippen LogP contribution < -0.4 is 10.6 Å². The Balaban J connectivity index is 1.49. The van der Waals surface area contributed by atoms with Crippen LogP contribution in [0.2, 0.25) is 0 Å². The summed E-state index contributed by atoms with van der Waals surface area (Å²) in [6.45, 7) is 2.70. The lowest BCUT2D eigenvalue weighted by molar-refractivity contribution is 0.236. The SMILES string of the molecule is CC1CCC(NC(=O)NCc2noc3c2CCCC3)C1. The van der Waals surface area contributed by atoms with Crippen molar-refractivity contribution in [2.24, 2.45) is 5.92 Å². The Labute approximate surface area is 119 Å². The van der Waals surface area contributed by atoms with Crippen molar-refractivity contribution in [1.29, 1.82) is 0 Å². The molecule has 2 amide bonds. The van der Waals surface area contributed by atoms with Crippen LogP contribution in [-0.4, -0.2) is 17.2 Å². The minimum Gasteiger partial charge on any atom is -0.361 e. The van der Waals surface area contributed by atoms with Crippen LogP contribution in [0.15, 0.2) is 4.52 Å². The number of aryl methyl sites for hydroxylation is 1. The van der Waals surface area contributed by atoms with Gasteiger partial charge in [0, 0.05) is 18.0 Å². The number of rotatable bonds is 3. The molecule has 1 aromatic heterocycles. The van der Waals surface area contributed by atoms with Gasteiger partial charge >= 0.3 is 6.03 Å². The molecular formula is C15H23N3O2. The monoisotopic (exact) mass is 277 g/mol. The van der Waals surface area contributed by atoms with Gasteiger partial charge in [0.1, 0.15) is 11.5 Å². The number of fused-ring (bicyclic) bond motifs is 1. The molecule has 0 aliphatic heterocycles. The molecule has 0 bridgehead atoms. The van der Waals surface area contributed by atoms with Gasteiger partial charge in [-0.25, -0.2) is 4.79 Å². The second-order valence-corrected chi connectivity index (χ2v) is 6.18. The fourth-order valence-electron chi connectivity index (χ4n) is 3.33. The fraction of sp³-hybridized carbons (Fsp3) is 0.733. The maximum absolute atomic E-state index is 11.9. The van der Waals surface area contributed by atoms with E-state index < -0.39 is 0 Å². The first-order chi connectivity index (χ1) is 9.72. The minimum absolute atomic E-state index is 0.0864. The summed E-state index contributed by atoms with van der Waals surface area (Å²) in [5.74, 6) is 1.74. The standard InChI is InChI=1S/C15H23N3O2/c1-10-6-7-11(8-10)17-15(19)16-9-13-12-4-2-3-5-14(12)20-18-13/h10-11H,2-9H2,1H3,(H2,16,17,19). The Bertz CT molecular complexity index is 483. The van der Waals surface area contributed by atoms with Crippen molar-refractivity contribution in [1.82, 2.24) is 15.8 Å². The van der Waals surface area contributed by atoms with Crippen LogP contribution in [0.3, 0.4) is 0 Å². The van der Waals surface area contributed by atoms with Gasteiger partial charge in [-0.2, -0.15) is 0 Å². The molecule has 1 heterocycles. The van der Waals surface area contributed by atoms with Gasteiger partial charge in [-0.1, -0.05) is 12.1 Å². The van der Waals surface area contributed by atoms with Crippen molar-refractivity contribution in [2.75, 3.05) is 0 Å². The predicted molar refractivity (Wildman–Crippen MR) is 75.3 cm³/mol. The molecule has 110 valence electrons. The van der Waals surface area contributed by atoms with E-state index >= 15 is 0 Å². The van der Waals surface area contributed by atoms with E-state index in [-0.39, 0.29) is 6.03 Å². The van der Waals surface area contributed by atoms with E-state index in [2.05, 4.69) is 22.7 Å². The van der Waals surface area contributed by atoms with Crippen molar-refractivity contribution in [3.63, 3.8) is 0 Å². The van der Waals surface area contributed by atoms with Crippen LogP contribution >= 0.6 is 0 Å². The van der Waals surface area contributed by atoms with Crippen molar-refractivity contribution in [3.05, 3.63) is 17.0 Å². The predicted octanol–water partition coefficient (Wildman–Crippen LogP) is 2.54. The van der Waals surface area contributed by atoms with Gasteiger partial charge in [0.05, 0.1) is 6.54 Å². The minimum atomic E-state index is -0.0864. The summed E-state index contributed by atoms with van der Waals surface area (Å²) in [5, 5.41) is 10.0. The van der Waals surface area contributed by atoms with Crippen LogP contribution in [0.5, 0.6) is 0 Å². The fourth-order valence-corrected chi connectivity index (χ4v) is 3.33. The quantitative estimate of drug-likeness (QED) is 0.892. The lowest BCUT2D eigenvalue weighted by Gasteiger charge is -2.13. The van der Waals surface area contributed by atoms with E-state index in [1.165, 1.54) is 24.8 Å². The Morgan fingerprint density at radius 3 is 3.00 bits per heavy atom. The summed E-state index contributed by atoms with van der Waals surface area (Å²) in [5.41, 5.74) is 2.11. The van der Waals surface area contributed by atoms with Crippen molar-refractivity contribution in [2.45, 2.75) is 64.5 Å². The highest BCUT2D eigenvalue weighted by Gasteiger charge is 2.23. The molecule has 1 fully saturated rings. The van der Waals surface area contributed by atoms with Crippen LogP contribution in [0, 0.1) is 5.92 Å². The third-order valence-electron chi connectivity index (χ3n) is 4.48. The van der Waals surface area contributed by atoms with Gasteiger partial charge in [-0.15, -0.1) is 0 Å². The molecule has 0 spiro atoms. The zero-order valence-corrected chi connectivity index (χ0v) is 12.1. The van der Waals surface area contributed by atoms with Crippen LogP contribution in [-0.2, 0) is 19.4 Å². The number of carbonyl (C=O) groups is 1. The topological polar surface area (TPSA) is 67.2 Å². The zero-order chi connectivity index (χ0) is 13.9. The van der Waals surface area contributed by atoms with Crippen molar-refractivity contribution < 1.29 is 9.32 Å². The number of hydrogen-bond donors (Lipinski definition) is 2. The molecule has 1 aromatic rings. The summed E-state index contributed by atoms with van der Waals surface area (Å²) in [7, 11) is 0. The zero-order valence-electron chi connectivity index (χ0n) is 12.1.